The van der Waals surface area contributed by atoms with E-state index >= 15 is 0 Å². The first-order valence-corrected chi connectivity index (χ1v) is 10.3. The van der Waals surface area contributed by atoms with E-state index in [4.69, 9.17) is 16.6 Å². The summed E-state index contributed by atoms with van der Waals surface area (Å²) >= 11 is 7.54. The zero-order valence-corrected chi connectivity index (χ0v) is 19.9. The molecule has 1 aromatic heterocycles. The molecular weight excluding hydrogens is 509 g/mol. The topological polar surface area (TPSA) is 60.8 Å². The van der Waals surface area contributed by atoms with Gasteiger partial charge in [0, 0.05) is 36.1 Å². The molecule has 1 fully saturated rings. The normalized spacial score (nSPS) is 14.8. The lowest BCUT2D eigenvalue weighted by atomic mass is 10.2. The number of carbonyl (C=O) groups excluding carboxylic acids is 1. The molecular formula is C19H25ClIN5OS. The quantitative estimate of drug-likeness (QED) is 0.363. The van der Waals surface area contributed by atoms with Gasteiger partial charge in [0.15, 0.2) is 5.96 Å². The van der Waals surface area contributed by atoms with Crippen molar-refractivity contribution in [1.82, 2.24) is 20.1 Å². The Morgan fingerprint density at radius 2 is 2.07 bits per heavy atom. The van der Waals surface area contributed by atoms with Crippen LogP contribution in [0.25, 0.3) is 0 Å². The van der Waals surface area contributed by atoms with Crippen molar-refractivity contribution in [2.75, 3.05) is 26.2 Å². The maximum atomic E-state index is 12.6. The van der Waals surface area contributed by atoms with E-state index in [9.17, 15) is 4.79 Å². The largest absolute Gasteiger partial charge is 0.356 e. The van der Waals surface area contributed by atoms with E-state index in [-0.39, 0.29) is 29.9 Å². The summed E-state index contributed by atoms with van der Waals surface area (Å²) in [7, 11) is 0. The maximum absolute atomic E-state index is 12.6. The molecule has 1 N–H and O–H groups in total. The summed E-state index contributed by atoms with van der Waals surface area (Å²) in [5, 5.41) is 4.01. The SMILES string of the molecule is CCNC(=NCc1scnc1C)N1CCN(Cc2ccc(Cl)cc2)C(=O)C1.I. The van der Waals surface area contributed by atoms with Gasteiger partial charge in [-0.25, -0.2) is 9.98 Å². The molecule has 3 rings (SSSR count). The predicted molar refractivity (Wildman–Crippen MR) is 126 cm³/mol. The molecule has 0 aliphatic carbocycles. The van der Waals surface area contributed by atoms with E-state index in [1.165, 1.54) is 0 Å². The molecule has 0 atom stereocenters. The number of aromatic nitrogens is 1. The van der Waals surface area contributed by atoms with E-state index in [2.05, 4.69) is 10.3 Å². The minimum atomic E-state index is 0. The molecule has 0 spiro atoms. The molecule has 152 valence electrons. The average molecular weight is 534 g/mol. The van der Waals surface area contributed by atoms with Crippen molar-refractivity contribution in [3.63, 3.8) is 0 Å². The van der Waals surface area contributed by atoms with Gasteiger partial charge in [-0.1, -0.05) is 23.7 Å². The minimum Gasteiger partial charge on any atom is -0.356 e. The third kappa shape index (κ3) is 6.05. The Morgan fingerprint density at radius 3 is 2.68 bits per heavy atom. The number of thiazole rings is 1. The lowest BCUT2D eigenvalue weighted by Crippen LogP contribution is -2.54. The van der Waals surface area contributed by atoms with Crippen molar-refractivity contribution in [2.45, 2.75) is 26.9 Å². The summed E-state index contributed by atoms with van der Waals surface area (Å²) in [5.74, 6) is 0.889. The number of amides is 1. The van der Waals surface area contributed by atoms with Crippen LogP contribution in [0.4, 0.5) is 0 Å². The van der Waals surface area contributed by atoms with Gasteiger partial charge in [-0.3, -0.25) is 4.79 Å². The molecule has 28 heavy (non-hydrogen) atoms. The van der Waals surface area contributed by atoms with Crippen LogP contribution in [-0.4, -0.2) is 52.8 Å². The van der Waals surface area contributed by atoms with E-state index in [1.54, 1.807) is 11.3 Å². The zero-order valence-electron chi connectivity index (χ0n) is 16.0. The molecule has 2 aromatic rings. The number of aryl methyl sites for hydroxylation is 1. The van der Waals surface area contributed by atoms with E-state index in [0.29, 0.717) is 31.2 Å². The highest BCUT2D eigenvalue weighted by molar-refractivity contribution is 14.0. The zero-order chi connectivity index (χ0) is 19.2. The first-order valence-electron chi connectivity index (χ1n) is 9.01. The summed E-state index contributed by atoms with van der Waals surface area (Å²) in [6.45, 7) is 7.74. The summed E-state index contributed by atoms with van der Waals surface area (Å²) in [4.78, 5) is 26.7. The van der Waals surface area contributed by atoms with Gasteiger partial charge in [0.2, 0.25) is 5.91 Å². The Balaban J connectivity index is 0.00000280. The second-order valence-corrected chi connectivity index (χ2v) is 7.77. The molecule has 9 heteroatoms. The molecule has 0 saturated carbocycles. The monoisotopic (exact) mass is 533 g/mol. The fraction of sp³-hybridized carbons (Fsp3) is 0.421. The summed E-state index contributed by atoms with van der Waals surface area (Å²) < 4.78 is 0. The van der Waals surface area contributed by atoms with Gasteiger partial charge in [0.05, 0.1) is 24.3 Å². The second kappa shape index (κ2) is 11.0. The van der Waals surface area contributed by atoms with Crippen molar-refractivity contribution in [2.24, 2.45) is 4.99 Å². The van der Waals surface area contributed by atoms with Gasteiger partial charge in [-0.05, 0) is 31.5 Å². The fourth-order valence-corrected chi connectivity index (χ4v) is 3.74. The highest BCUT2D eigenvalue weighted by Crippen LogP contribution is 2.15. The molecule has 0 unspecified atom stereocenters. The molecule has 1 amide bonds. The number of nitrogens with one attached hydrogen (secondary N) is 1. The number of rotatable bonds is 5. The third-order valence-corrected chi connectivity index (χ3v) is 5.63. The Hall–Kier alpha value is -1.39. The molecule has 1 aromatic carbocycles. The number of piperazine rings is 1. The Labute approximate surface area is 192 Å². The Morgan fingerprint density at radius 1 is 1.32 bits per heavy atom. The van der Waals surface area contributed by atoms with Crippen LogP contribution >= 0.6 is 46.9 Å². The smallest absolute Gasteiger partial charge is 0.242 e. The molecule has 1 aliphatic rings. The standard InChI is InChI=1S/C19H24ClN5OS.HI/c1-3-21-19(22-10-17-14(2)23-13-27-17)25-9-8-24(18(26)12-25)11-15-4-6-16(20)7-5-15;/h4-7,13H,3,8-12H2,1-2H3,(H,21,22);1H. The highest BCUT2D eigenvalue weighted by Gasteiger charge is 2.26. The molecule has 6 nitrogen and oxygen atoms in total. The molecule has 1 aliphatic heterocycles. The molecule has 1 saturated heterocycles. The molecule has 0 bridgehead atoms. The van der Waals surface area contributed by atoms with Crippen LogP contribution < -0.4 is 5.32 Å². The van der Waals surface area contributed by atoms with Crippen molar-refractivity contribution < 1.29 is 4.79 Å². The summed E-state index contributed by atoms with van der Waals surface area (Å²) in [6, 6.07) is 7.64. The number of carbonyl (C=O) groups is 1. The Kier molecular flexibility index (Phi) is 8.97. The van der Waals surface area contributed by atoms with Gasteiger partial charge < -0.3 is 15.1 Å². The number of nitrogens with zero attached hydrogens (tertiary/aromatic N) is 4. The van der Waals surface area contributed by atoms with Crippen molar-refractivity contribution in [3.8, 4) is 0 Å². The number of hydrogen-bond donors (Lipinski definition) is 1. The first kappa shape index (κ1) is 22.9. The van der Waals surface area contributed by atoms with Crippen LogP contribution in [0.3, 0.4) is 0 Å². The van der Waals surface area contributed by atoms with Crippen molar-refractivity contribution >= 4 is 58.8 Å². The van der Waals surface area contributed by atoms with E-state index in [0.717, 1.165) is 35.2 Å². The minimum absolute atomic E-state index is 0. The van der Waals surface area contributed by atoms with Crippen LogP contribution in [0, 0.1) is 6.92 Å². The summed E-state index contributed by atoms with van der Waals surface area (Å²) in [5.41, 5.74) is 3.94. The first-order chi connectivity index (χ1) is 13.1. The summed E-state index contributed by atoms with van der Waals surface area (Å²) in [6.07, 6.45) is 0. The Bertz CT molecular complexity index is 811. The number of benzene rings is 1. The van der Waals surface area contributed by atoms with Gasteiger partial charge in [-0.15, -0.1) is 35.3 Å². The van der Waals surface area contributed by atoms with E-state index < -0.39 is 0 Å². The lowest BCUT2D eigenvalue weighted by Gasteiger charge is -2.36. The second-order valence-electron chi connectivity index (χ2n) is 6.39. The van der Waals surface area contributed by atoms with Crippen LogP contribution in [0.2, 0.25) is 5.02 Å². The van der Waals surface area contributed by atoms with Crippen molar-refractivity contribution in [1.29, 1.82) is 0 Å². The highest BCUT2D eigenvalue weighted by atomic mass is 127. The maximum Gasteiger partial charge on any atom is 0.242 e. The van der Waals surface area contributed by atoms with Crippen LogP contribution in [0.5, 0.6) is 0 Å². The van der Waals surface area contributed by atoms with Gasteiger partial charge >= 0.3 is 0 Å². The molecule has 0 radical (unpaired) electrons. The fourth-order valence-electron chi connectivity index (χ4n) is 2.92. The number of hydrogen-bond acceptors (Lipinski definition) is 4. The number of aliphatic imine (C=N–C) groups is 1. The van der Waals surface area contributed by atoms with Crippen molar-refractivity contribution in [3.05, 3.63) is 50.9 Å². The lowest BCUT2D eigenvalue weighted by molar-refractivity contribution is -0.135. The number of halogens is 2. The van der Waals surface area contributed by atoms with Crippen LogP contribution in [0.15, 0.2) is 34.8 Å². The van der Waals surface area contributed by atoms with Gasteiger partial charge in [0.1, 0.15) is 0 Å². The number of guanidine groups is 1. The van der Waals surface area contributed by atoms with Gasteiger partial charge in [-0.2, -0.15) is 0 Å². The average Bonchev–Trinajstić information content (AvgIpc) is 3.07. The van der Waals surface area contributed by atoms with Crippen LogP contribution in [-0.2, 0) is 17.9 Å². The van der Waals surface area contributed by atoms with Crippen LogP contribution in [0.1, 0.15) is 23.1 Å². The van der Waals surface area contributed by atoms with E-state index in [1.807, 2.05) is 53.4 Å². The van der Waals surface area contributed by atoms with Gasteiger partial charge in [0.25, 0.3) is 0 Å². The molecule has 2 heterocycles. The predicted octanol–water partition coefficient (Wildman–Crippen LogP) is 3.53. The third-order valence-electron chi connectivity index (χ3n) is 4.46.